The van der Waals surface area contributed by atoms with Crippen LogP contribution in [0.1, 0.15) is 40.7 Å². The van der Waals surface area contributed by atoms with Crippen LogP contribution in [0.3, 0.4) is 0 Å². The molecule has 1 aromatic carbocycles. The third-order valence-electron chi connectivity index (χ3n) is 3.98. The number of aryl methyl sites for hydroxylation is 1. The zero-order chi connectivity index (χ0) is 16.6. The summed E-state index contributed by atoms with van der Waals surface area (Å²) < 4.78 is 19.3. The molecule has 3 rings (SSSR count). The third kappa shape index (κ3) is 2.91. The predicted molar refractivity (Wildman–Crippen MR) is 82.8 cm³/mol. The largest absolute Gasteiger partial charge is 0.344 e. The van der Waals surface area contributed by atoms with Gasteiger partial charge in [-0.25, -0.2) is 4.39 Å². The van der Waals surface area contributed by atoms with Crippen molar-refractivity contribution in [3.63, 3.8) is 0 Å². The molecule has 0 saturated carbocycles. The van der Waals surface area contributed by atoms with E-state index in [9.17, 15) is 9.18 Å². The Bertz CT molecular complexity index is 729. The smallest absolute Gasteiger partial charge is 0.265 e. The fraction of sp³-hybridized carbons (Fsp3) is 0.438. The molecule has 122 valence electrons. The molecule has 1 aliphatic heterocycles. The minimum Gasteiger partial charge on any atom is -0.344 e. The lowest BCUT2D eigenvalue weighted by Crippen LogP contribution is -2.31. The van der Waals surface area contributed by atoms with Crippen LogP contribution in [0.4, 0.5) is 10.3 Å². The lowest BCUT2D eigenvalue weighted by molar-refractivity contribution is 0.0705. The van der Waals surface area contributed by atoms with Gasteiger partial charge in [-0.1, -0.05) is 11.6 Å². The summed E-state index contributed by atoms with van der Waals surface area (Å²) in [6, 6.07) is 4.24. The third-order valence-corrected chi connectivity index (χ3v) is 3.98. The summed E-state index contributed by atoms with van der Waals surface area (Å²) in [6.45, 7) is 2.38. The number of carbonyl (C=O) groups is 1. The number of benzene rings is 1. The lowest BCUT2D eigenvalue weighted by Gasteiger charge is -2.22. The number of aromatic nitrogens is 2. The molecule has 0 spiro atoms. The van der Waals surface area contributed by atoms with Crippen molar-refractivity contribution >= 4 is 11.9 Å². The Hall–Kier alpha value is -2.44. The zero-order valence-corrected chi connectivity index (χ0v) is 13.4. The molecule has 0 N–H and O–H groups in total. The van der Waals surface area contributed by atoms with Gasteiger partial charge in [-0.05, 0) is 37.1 Å². The Balaban J connectivity index is 1.88. The van der Waals surface area contributed by atoms with Crippen LogP contribution in [-0.2, 0) is 0 Å². The molecule has 0 aliphatic carbocycles. The summed E-state index contributed by atoms with van der Waals surface area (Å²) in [5.74, 6) is 0.0118. The SMILES string of the molecule is Cc1ccc(F)c(C(=O)N2CCC[C@@H]2c2nc(N(C)C)no2)c1. The van der Waals surface area contributed by atoms with Crippen LogP contribution < -0.4 is 4.90 Å². The molecule has 2 aromatic rings. The van der Waals surface area contributed by atoms with Crippen molar-refractivity contribution in [3.05, 3.63) is 41.0 Å². The summed E-state index contributed by atoms with van der Waals surface area (Å²) >= 11 is 0. The van der Waals surface area contributed by atoms with Gasteiger partial charge in [-0.3, -0.25) is 4.79 Å². The molecule has 1 saturated heterocycles. The number of halogens is 1. The summed E-state index contributed by atoms with van der Waals surface area (Å²) in [4.78, 5) is 20.4. The molecule has 23 heavy (non-hydrogen) atoms. The Labute approximate surface area is 133 Å². The summed E-state index contributed by atoms with van der Waals surface area (Å²) in [5.41, 5.74) is 0.933. The molecular weight excluding hydrogens is 299 g/mol. The number of amides is 1. The van der Waals surface area contributed by atoms with Gasteiger partial charge in [-0.15, -0.1) is 0 Å². The number of likely N-dealkylation sites (tertiary alicyclic amines) is 1. The normalized spacial score (nSPS) is 17.6. The second-order valence-corrected chi connectivity index (χ2v) is 5.97. The van der Waals surface area contributed by atoms with Crippen LogP contribution in [0.5, 0.6) is 0 Å². The fourth-order valence-electron chi connectivity index (χ4n) is 2.77. The number of rotatable bonds is 3. The maximum atomic E-state index is 14.0. The van der Waals surface area contributed by atoms with Gasteiger partial charge in [0.05, 0.1) is 5.56 Å². The highest BCUT2D eigenvalue weighted by molar-refractivity contribution is 5.95. The van der Waals surface area contributed by atoms with Gasteiger partial charge in [-0.2, -0.15) is 4.98 Å². The highest BCUT2D eigenvalue weighted by atomic mass is 19.1. The predicted octanol–water partition coefficient (Wildman–Crippen LogP) is 2.56. The minimum atomic E-state index is -0.509. The number of anilines is 1. The van der Waals surface area contributed by atoms with Crippen molar-refractivity contribution in [3.8, 4) is 0 Å². The van der Waals surface area contributed by atoms with Crippen LogP contribution in [0, 0.1) is 12.7 Å². The van der Waals surface area contributed by atoms with Crippen molar-refractivity contribution in [2.24, 2.45) is 0 Å². The van der Waals surface area contributed by atoms with Gasteiger partial charge >= 0.3 is 0 Å². The van der Waals surface area contributed by atoms with Crippen molar-refractivity contribution in [2.45, 2.75) is 25.8 Å². The molecule has 0 unspecified atom stereocenters. The number of hydrogen-bond donors (Lipinski definition) is 0. The first kappa shape index (κ1) is 15.5. The molecule has 6 nitrogen and oxygen atoms in total. The van der Waals surface area contributed by atoms with E-state index >= 15 is 0 Å². The highest BCUT2D eigenvalue weighted by Gasteiger charge is 2.35. The van der Waals surface area contributed by atoms with Crippen LogP contribution in [0.15, 0.2) is 22.7 Å². The van der Waals surface area contributed by atoms with Crippen molar-refractivity contribution in [1.29, 1.82) is 0 Å². The first-order valence-corrected chi connectivity index (χ1v) is 7.55. The summed E-state index contributed by atoms with van der Waals surface area (Å²) in [7, 11) is 3.63. The van der Waals surface area contributed by atoms with E-state index in [2.05, 4.69) is 10.1 Å². The molecule has 1 atom stereocenters. The average Bonchev–Trinajstić information content (AvgIpc) is 3.16. The maximum Gasteiger partial charge on any atom is 0.265 e. The summed E-state index contributed by atoms with van der Waals surface area (Å²) in [6.07, 6.45) is 1.55. The van der Waals surface area contributed by atoms with Crippen LogP contribution >= 0.6 is 0 Å². The first-order chi connectivity index (χ1) is 11.0. The van der Waals surface area contributed by atoms with Gasteiger partial charge in [0.25, 0.3) is 17.7 Å². The van der Waals surface area contributed by atoms with E-state index in [1.807, 2.05) is 21.0 Å². The van der Waals surface area contributed by atoms with Gasteiger partial charge in [0, 0.05) is 20.6 Å². The van der Waals surface area contributed by atoms with E-state index in [0.29, 0.717) is 18.4 Å². The van der Waals surface area contributed by atoms with E-state index in [-0.39, 0.29) is 17.5 Å². The van der Waals surface area contributed by atoms with Crippen LogP contribution in [0.2, 0.25) is 0 Å². The van der Waals surface area contributed by atoms with E-state index in [1.165, 1.54) is 6.07 Å². The maximum absolute atomic E-state index is 14.0. The monoisotopic (exact) mass is 318 g/mol. The molecular formula is C16H19FN4O2. The van der Waals surface area contributed by atoms with Gasteiger partial charge < -0.3 is 14.3 Å². The Morgan fingerprint density at radius 3 is 2.91 bits per heavy atom. The standard InChI is InChI=1S/C16H19FN4O2/c1-10-6-7-12(17)11(9-10)15(22)21-8-4-5-13(21)14-18-16(19-23-14)20(2)3/h6-7,9,13H,4-5,8H2,1-3H3/t13-/m1/s1. The minimum absolute atomic E-state index is 0.0873. The summed E-state index contributed by atoms with van der Waals surface area (Å²) in [5, 5.41) is 3.89. The first-order valence-electron chi connectivity index (χ1n) is 7.55. The van der Waals surface area contributed by atoms with Crippen molar-refractivity contribution in [2.75, 3.05) is 25.5 Å². The fourth-order valence-corrected chi connectivity index (χ4v) is 2.77. The molecule has 1 fully saturated rings. The number of hydrogen-bond acceptors (Lipinski definition) is 5. The second kappa shape index (κ2) is 5.98. The van der Waals surface area contributed by atoms with E-state index in [1.54, 1.807) is 21.9 Å². The lowest BCUT2D eigenvalue weighted by atomic mass is 10.1. The van der Waals surface area contributed by atoms with Gasteiger partial charge in [0.15, 0.2) is 0 Å². The second-order valence-electron chi connectivity index (χ2n) is 5.97. The van der Waals surface area contributed by atoms with Crippen LogP contribution in [0.25, 0.3) is 0 Å². The zero-order valence-electron chi connectivity index (χ0n) is 13.4. The average molecular weight is 318 g/mol. The molecule has 1 aliphatic rings. The molecule has 1 aromatic heterocycles. The van der Waals surface area contributed by atoms with Crippen LogP contribution in [-0.4, -0.2) is 41.6 Å². The number of carbonyl (C=O) groups excluding carboxylic acids is 1. The topological polar surface area (TPSA) is 62.5 Å². The molecule has 0 bridgehead atoms. The van der Waals surface area contributed by atoms with E-state index in [4.69, 9.17) is 4.52 Å². The van der Waals surface area contributed by atoms with Crippen molar-refractivity contribution in [1.82, 2.24) is 15.0 Å². The molecule has 7 heteroatoms. The van der Waals surface area contributed by atoms with Crippen molar-refractivity contribution < 1.29 is 13.7 Å². The van der Waals surface area contributed by atoms with Gasteiger partial charge in [0.2, 0.25) is 0 Å². The molecule has 0 radical (unpaired) electrons. The Morgan fingerprint density at radius 1 is 1.43 bits per heavy atom. The Kier molecular flexibility index (Phi) is 4.02. The molecule has 2 heterocycles. The van der Waals surface area contributed by atoms with E-state index < -0.39 is 5.82 Å². The quantitative estimate of drug-likeness (QED) is 0.870. The number of nitrogens with zero attached hydrogens (tertiary/aromatic N) is 4. The van der Waals surface area contributed by atoms with Gasteiger partial charge in [0.1, 0.15) is 11.9 Å². The molecule has 1 amide bonds. The highest BCUT2D eigenvalue weighted by Crippen LogP contribution is 2.33. The van der Waals surface area contributed by atoms with E-state index in [0.717, 1.165) is 18.4 Å². The Morgan fingerprint density at radius 2 is 2.22 bits per heavy atom.